The second kappa shape index (κ2) is 5.17. The van der Waals surface area contributed by atoms with Crippen molar-refractivity contribution < 1.29 is 14.3 Å². The van der Waals surface area contributed by atoms with E-state index in [1.54, 1.807) is 36.4 Å². The molecule has 102 valence electrons. The highest BCUT2D eigenvalue weighted by molar-refractivity contribution is 9.10. The molecule has 0 saturated heterocycles. The maximum Gasteiger partial charge on any atom is 0.193 e. The van der Waals surface area contributed by atoms with E-state index in [1.165, 1.54) is 0 Å². The number of nitrogens with two attached hydrogens (primary N) is 1. The highest BCUT2D eigenvalue weighted by Crippen LogP contribution is 2.32. The van der Waals surface area contributed by atoms with Crippen LogP contribution >= 0.6 is 15.9 Å². The van der Waals surface area contributed by atoms with E-state index < -0.39 is 0 Å². The molecule has 2 N–H and O–H groups in total. The lowest BCUT2D eigenvalue weighted by Crippen LogP contribution is -2.15. The molecule has 3 rings (SSSR count). The van der Waals surface area contributed by atoms with Gasteiger partial charge >= 0.3 is 0 Å². The van der Waals surface area contributed by atoms with Crippen LogP contribution in [-0.4, -0.2) is 19.0 Å². The minimum atomic E-state index is -0.0809. The maximum absolute atomic E-state index is 12.4. The van der Waals surface area contributed by atoms with Crippen LogP contribution in [0.5, 0.6) is 11.5 Å². The van der Waals surface area contributed by atoms with Crippen molar-refractivity contribution in [2.45, 2.75) is 0 Å². The number of ether oxygens (including phenoxy) is 2. The lowest BCUT2D eigenvalue weighted by atomic mass is 10.0. The van der Waals surface area contributed by atoms with Crippen molar-refractivity contribution in [2.24, 2.45) is 0 Å². The van der Waals surface area contributed by atoms with Gasteiger partial charge in [-0.15, -0.1) is 0 Å². The number of ketones is 1. The Hall–Kier alpha value is -2.01. The number of fused-ring (bicyclic) bond motifs is 1. The SMILES string of the molecule is Nc1ccc(C(=O)c2ccc3c(c2)OCCO3)cc1Br. The lowest BCUT2D eigenvalue weighted by Gasteiger charge is -2.18. The Morgan fingerprint density at radius 1 is 1.00 bits per heavy atom. The molecular formula is C15H12BrNO3. The van der Waals surface area contributed by atoms with Crippen LogP contribution in [0.1, 0.15) is 15.9 Å². The van der Waals surface area contributed by atoms with Crippen LogP contribution in [0.25, 0.3) is 0 Å². The maximum atomic E-state index is 12.4. The molecule has 0 spiro atoms. The number of benzene rings is 2. The van der Waals surface area contributed by atoms with Crippen LogP contribution in [-0.2, 0) is 0 Å². The summed E-state index contributed by atoms with van der Waals surface area (Å²) >= 11 is 3.33. The fraction of sp³-hybridized carbons (Fsp3) is 0.133. The molecule has 0 bridgehead atoms. The van der Waals surface area contributed by atoms with Crippen LogP contribution < -0.4 is 15.2 Å². The summed E-state index contributed by atoms with van der Waals surface area (Å²) in [6.45, 7) is 1.03. The third kappa shape index (κ3) is 2.36. The number of hydrogen-bond donors (Lipinski definition) is 1. The number of nitrogen functional groups attached to an aromatic ring is 1. The van der Waals surface area contributed by atoms with E-state index in [4.69, 9.17) is 15.2 Å². The Morgan fingerprint density at radius 2 is 1.65 bits per heavy atom. The van der Waals surface area contributed by atoms with E-state index in [1.807, 2.05) is 0 Å². The molecule has 0 unspecified atom stereocenters. The fourth-order valence-electron chi connectivity index (χ4n) is 2.02. The average molecular weight is 334 g/mol. The normalized spacial score (nSPS) is 13.1. The van der Waals surface area contributed by atoms with Gasteiger partial charge in [-0.2, -0.15) is 0 Å². The van der Waals surface area contributed by atoms with Crippen molar-refractivity contribution in [3.8, 4) is 11.5 Å². The van der Waals surface area contributed by atoms with Crippen molar-refractivity contribution >= 4 is 27.4 Å². The van der Waals surface area contributed by atoms with Gasteiger partial charge in [0.2, 0.25) is 0 Å². The molecule has 1 heterocycles. The van der Waals surface area contributed by atoms with Gasteiger partial charge in [0, 0.05) is 21.3 Å². The van der Waals surface area contributed by atoms with Crippen molar-refractivity contribution in [3.05, 3.63) is 52.0 Å². The minimum absolute atomic E-state index is 0.0809. The van der Waals surface area contributed by atoms with E-state index in [0.717, 1.165) is 0 Å². The summed E-state index contributed by atoms with van der Waals surface area (Å²) in [4.78, 5) is 12.4. The van der Waals surface area contributed by atoms with E-state index in [2.05, 4.69) is 15.9 Å². The van der Waals surface area contributed by atoms with Crippen LogP contribution in [0, 0.1) is 0 Å². The van der Waals surface area contributed by atoms with Crippen molar-refractivity contribution in [1.29, 1.82) is 0 Å². The first-order chi connectivity index (χ1) is 9.65. The first kappa shape index (κ1) is 13.0. The Balaban J connectivity index is 1.95. The van der Waals surface area contributed by atoms with Gasteiger partial charge in [0.15, 0.2) is 17.3 Å². The molecule has 0 fully saturated rings. The Kier molecular flexibility index (Phi) is 3.36. The van der Waals surface area contributed by atoms with Gasteiger partial charge in [0.1, 0.15) is 13.2 Å². The van der Waals surface area contributed by atoms with Crippen LogP contribution in [0.2, 0.25) is 0 Å². The molecule has 0 saturated carbocycles. The van der Waals surface area contributed by atoms with Crippen molar-refractivity contribution in [3.63, 3.8) is 0 Å². The molecule has 0 aromatic heterocycles. The molecule has 1 aliphatic heterocycles. The highest BCUT2D eigenvalue weighted by Gasteiger charge is 2.16. The predicted molar refractivity (Wildman–Crippen MR) is 79.4 cm³/mol. The van der Waals surface area contributed by atoms with Crippen LogP contribution in [0.4, 0.5) is 5.69 Å². The van der Waals surface area contributed by atoms with Gasteiger partial charge in [-0.25, -0.2) is 0 Å². The summed E-state index contributed by atoms with van der Waals surface area (Å²) in [5, 5.41) is 0. The smallest absolute Gasteiger partial charge is 0.193 e. The summed E-state index contributed by atoms with van der Waals surface area (Å²) in [5.74, 6) is 1.20. The zero-order valence-corrected chi connectivity index (χ0v) is 12.1. The number of halogens is 1. The van der Waals surface area contributed by atoms with Crippen LogP contribution in [0.3, 0.4) is 0 Å². The van der Waals surface area contributed by atoms with Gasteiger partial charge in [-0.1, -0.05) is 0 Å². The van der Waals surface area contributed by atoms with E-state index in [9.17, 15) is 4.79 Å². The second-order valence-electron chi connectivity index (χ2n) is 4.42. The van der Waals surface area contributed by atoms with Crippen molar-refractivity contribution in [1.82, 2.24) is 0 Å². The van der Waals surface area contributed by atoms with Gasteiger partial charge in [0.05, 0.1) is 0 Å². The van der Waals surface area contributed by atoms with Gasteiger partial charge in [-0.05, 0) is 52.3 Å². The van der Waals surface area contributed by atoms with Crippen LogP contribution in [0.15, 0.2) is 40.9 Å². The number of anilines is 1. The predicted octanol–water partition coefficient (Wildman–Crippen LogP) is 3.03. The molecule has 2 aromatic carbocycles. The van der Waals surface area contributed by atoms with E-state index in [-0.39, 0.29) is 5.78 Å². The summed E-state index contributed by atoms with van der Waals surface area (Å²) in [7, 11) is 0. The summed E-state index contributed by atoms with van der Waals surface area (Å²) in [6.07, 6.45) is 0. The zero-order chi connectivity index (χ0) is 14.1. The number of hydrogen-bond acceptors (Lipinski definition) is 4. The number of carbonyl (C=O) groups is 1. The lowest BCUT2D eigenvalue weighted by molar-refractivity contribution is 0.103. The molecule has 20 heavy (non-hydrogen) atoms. The Bertz CT molecular complexity index is 685. The largest absolute Gasteiger partial charge is 0.486 e. The van der Waals surface area contributed by atoms with E-state index >= 15 is 0 Å². The van der Waals surface area contributed by atoms with Gasteiger partial charge in [0.25, 0.3) is 0 Å². The minimum Gasteiger partial charge on any atom is -0.486 e. The summed E-state index contributed by atoms with van der Waals surface area (Å²) < 4.78 is 11.6. The number of carbonyl (C=O) groups excluding carboxylic acids is 1. The highest BCUT2D eigenvalue weighted by atomic mass is 79.9. The molecule has 0 amide bonds. The number of rotatable bonds is 2. The average Bonchev–Trinajstić information content (AvgIpc) is 2.49. The Morgan fingerprint density at radius 3 is 2.40 bits per heavy atom. The molecule has 5 heteroatoms. The third-order valence-electron chi connectivity index (χ3n) is 3.07. The third-order valence-corrected chi connectivity index (χ3v) is 3.75. The zero-order valence-electron chi connectivity index (χ0n) is 10.6. The van der Waals surface area contributed by atoms with Crippen molar-refractivity contribution in [2.75, 3.05) is 18.9 Å². The first-order valence-electron chi connectivity index (χ1n) is 6.14. The summed E-state index contributed by atoms with van der Waals surface area (Å²) in [5.41, 5.74) is 7.46. The molecule has 2 aromatic rings. The molecule has 0 radical (unpaired) electrons. The monoisotopic (exact) mass is 333 g/mol. The molecule has 0 atom stereocenters. The molecular weight excluding hydrogens is 322 g/mol. The molecule has 1 aliphatic rings. The topological polar surface area (TPSA) is 61.6 Å². The van der Waals surface area contributed by atoms with E-state index in [0.29, 0.717) is 46.0 Å². The second-order valence-corrected chi connectivity index (χ2v) is 5.28. The molecule has 4 nitrogen and oxygen atoms in total. The van der Waals surface area contributed by atoms with Gasteiger partial charge < -0.3 is 15.2 Å². The molecule has 0 aliphatic carbocycles. The standard InChI is InChI=1S/C15H12BrNO3/c16-11-7-9(1-3-12(11)17)15(18)10-2-4-13-14(8-10)20-6-5-19-13/h1-4,7-8H,5-6,17H2. The summed E-state index contributed by atoms with van der Waals surface area (Å²) in [6, 6.07) is 10.3. The quantitative estimate of drug-likeness (QED) is 0.677. The van der Waals surface area contributed by atoms with Gasteiger partial charge in [-0.3, -0.25) is 4.79 Å². The fourth-order valence-corrected chi connectivity index (χ4v) is 2.40. The first-order valence-corrected chi connectivity index (χ1v) is 6.94. The Labute approximate surface area is 124 Å².